The molecule has 1 fully saturated rings. The van der Waals surface area contributed by atoms with Crippen LogP contribution in [0.5, 0.6) is 0 Å². The zero-order valence-electron chi connectivity index (χ0n) is 17.1. The summed E-state index contributed by atoms with van der Waals surface area (Å²) in [4.78, 5) is 15.9. The largest absolute Gasteiger partial charge is 0.416 e. The van der Waals surface area contributed by atoms with Crippen molar-refractivity contribution in [3.63, 3.8) is 0 Å². The minimum absolute atomic E-state index is 0.0660. The van der Waals surface area contributed by atoms with Crippen LogP contribution in [-0.2, 0) is 23.7 Å². The minimum Gasteiger partial charge on any atom is -0.371 e. The average Bonchev–Trinajstić information content (AvgIpc) is 2.72. The first kappa shape index (κ1) is 23.9. The monoisotopic (exact) mass is 462 g/mol. The number of carbonyl (C=O) groups is 1. The highest BCUT2D eigenvalue weighted by atomic mass is 19.4. The van der Waals surface area contributed by atoms with E-state index in [1.807, 2.05) is 4.90 Å². The Morgan fingerprint density at radius 3 is 1.91 bits per heavy atom. The van der Waals surface area contributed by atoms with Crippen molar-refractivity contribution >= 4 is 11.6 Å². The standard InChI is InChI=1S/C22H21F7N2O/c1-30(13-14-10-16(21(24,25)26)12-17(11-14)22(27,28)29)20(32)15-6-8-31(9-7-15)19-4-2-18(23)3-5-19/h2-5,10-12,15H,6-9,13H2,1H3. The van der Waals surface area contributed by atoms with Gasteiger partial charge in [0.2, 0.25) is 5.91 Å². The van der Waals surface area contributed by atoms with Crippen LogP contribution in [0, 0.1) is 11.7 Å². The van der Waals surface area contributed by atoms with Crippen LogP contribution in [0.2, 0.25) is 0 Å². The Kier molecular flexibility index (Phi) is 6.71. The molecule has 0 atom stereocenters. The molecular formula is C22H21F7N2O. The summed E-state index contributed by atoms with van der Waals surface area (Å²) in [5.74, 6) is -1.09. The van der Waals surface area contributed by atoms with Crippen LogP contribution in [0.4, 0.5) is 36.4 Å². The molecule has 1 heterocycles. The summed E-state index contributed by atoms with van der Waals surface area (Å²) in [5.41, 5.74) is -2.24. The molecule has 0 saturated carbocycles. The number of anilines is 1. The number of hydrogen-bond acceptors (Lipinski definition) is 2. The first-order chi connectivity index (χ1) is 14.8. The summed E-state index contributed by atoms with van der Waals surface area (Å²) in [6.45, 7) is 0.680. The van der Waals surface area contributed by atoms with E-state index in [1.54, 1.807) is 12.1 Å². The van der Waals surface area contributed by atoms with Gasteiger partial charge in [-0.25, -0.2) is 4.39 Å². The van der Waals surface area contributed by atoms with E-state index in [4.69, 9.17) is 0 Å². The number of alkyl halides is 6. The molecule has 0 aliphatic carbocycles. The molecule has 32 heavy (non-hydrogen) atoms. The molecule has 2 aromatic rings. The lowest BCUT2D eigenvalue weighted by atomic mass is 9.94. The van der Waals surface area contributed by atoms with Gasteiger partial charge in [0, 0.05) is 38.3 Å². The number of benzene rings is 2. The van der Waals surface area contributed by atoms with Gasteiger partial charge in [-0.15, -0.1) is 0 Å². The average molecular weight is 462 g/mol. The fourth-order valence-electron chi connectivity index (χ4n) is 3.81. The van der Waals surface area contributed by atoms with Crippen LogP contribution in [0.15, 0.2) is 42.5 Å². The van der Waals surface area contributed by atoms with Gasteiger partial charge in [0.25, 0.3) is 0 Å². The molecule has 1 aliphatic rings. The normalized spacial score (nSPS) is 15.7. The van der Waals surface area contributed by atoms with Crippen LogP contribution >= 0.6 is 0 Å². The van der Waals surface area contributed by atoms with Gasteiger partial charge >= 0.3 is 12.4 Å². The summed E-state index contributed by atoms with van der Waals surface area (Å²) in [6, 6.07) is 7.28. The van der Waals surface area contributed by atoms with Crippen molar-refractivity contribution in [2.75, 3.05) is 25.0 Å². The summed E-state index contributed by atoms with van der Waals surface area (Å²) in [7, 11) is 1.36. The fraction of sp³-hybridized carbons (Fsp3) is 0.409. The Morgan fingerprint density at radius 2 is 1.44 bits per heavy atom. The van der Waals surface area contributed by atoms with E-state index in [9.17, 15) is 35.5 Å². The second kappa shape index (κ2) is 8.99. The number of carbonyl (C=O) groups excluding carboxylic acids is 1. The number of rotatable bonds is 4. The smallest absolute Gasteiger partial charge is 0.371 e. The predicted molar refractivity (Wildman–Crippen MR) is 104 cm³/mol. The molecule has 10 heteroatoms. The fourth-order valence-corrected chi connectivity index (χ4v) is 3.81. The summed E-state index contributed by atoms with van der Waals surface area (Å²) in [5, 5.41) is 0. The molecule has 0 aromatic heterocycles. The van der Waals surface area contributed by atoms with Gasteiger partial charge in [-0.1, -0.05) is 0 Å². The van der Waals surface area contributed by atoms with Gasteiger partial charge in [0.05, 0.1) is 11.1 Å². The first-order valence-electron chi connectivity index (χ1n) is 9.88. The van der Waals surface area contributed by atoms with Gasteiger partial charge in [-0.3, -0.25) is 4.79 Å². The third-order valence-corrected chi connectivity index (χ3v) is 5.48. The Balaban J connectivity index is 1.67. The molecule has 1 saturated heterocycles. The van der Waals surface area contributed by atoms with Crippen LogP contribution in [0.25, 0.3) is 0 Å². The molecule has 1 amide bonds. The molecule has 0 N–H and O–H groups in total. The lowest BCUT2D eigenvalue weighted by Crippen LogP contribution is -2.41. The number of piperidine rings is 1. The molecule has 3 rings (SSSR count). The molecule has 0 radical (unpaired) electrons. The minimum atomic E-state index is -4.94. The van der Waals surface area contributed by atoms with Crippen LogP contribution in [0.3, 0.4) is 0 Å². The Morgan fingerprint density at radius 1 is 0.938 bits per heavy atom. The van der Waals surface area contributed by atoms with E-state index >= 15 is 0 Å². The maximum atomic E-state index is 13.1. The second-order valence-corrected chi connectivity index (χ2v) is 7.85. The van der Waals surface area contributed by atoms with E-state index in [0.29, 0.717) is 38.1 Å². The van der Waals surface area contributed by atoms with Crippen LogP contribution in [-0.4, -0.2) is 30.9 Å². The van der Waals surface area contributed by atoms with Crippen molar-refractivity contribution in [2.24, 2.45) is 5.92 Å². The summed E-state index contributed by atoms with van der Waals surface area (Å²) in [6.07, 6.45) is -8.94. The Hall–Kier alpha value is -2.78. The highest BCUT2D eigenvalue weighted by molar-refractivity contribution is 5.79. The second-order valence-electron chi connectivity index (χ2n) is 7.85. The van der Waals surface area contributed by atoms with E-state index in [2.05, 4.69) is 0 Å². The highest BCUT2D eigenvalue weighted by Crippen LogP contribution is 2.36. The van der Waals surface area contributed by atoms with Crippen molar-refractivity contribution in [2.45, 2.75) is 31.7 Å². The molecule has 0 bridgehead atoms. The van der Waals surface area contributed by atoms with Crippen molar-refractivity contribution in [3.8, 4) is 0 Å². The third-order valence-electron chi connectivity index (χ3n) is 5.48. The Bertz CT molecular complexity index is 914. The van der Waals surface area contributed by atoms with E-state index < -0.39 is 29.4 Å². The number of nitrogens with zero attached hydrogens (tertiary/aromatic N) is 2. The van der Waals surface area contributed by atoms with E-state index in [0.717, 1.165) is 10.6 Å². The number of hydrogen-bond donors (Lipinski definition) is 0. The SMILES string of the molecule is CN(Cc1cc(C(F)(F)F)cc(C(F)(F)F)c1)C(=O)C1CCN(c2ccc(F)cc2)CC1. The molecule has 3 nitrogen and oxygen atoms in total. The predicted octanol–water partition coefficient (Wildman–Crippen LogP) is 5.74. The zero-order chi connectivity index (χ0) is 23.7. The Labute approximate surface area is 180 Å². The first-order valence-corrected chi connectivity index (χ1v) is 9.88. The number of amides is 1. The number of halogens is 7. The maximum absolute atomic E-state index is 13.1. The molecule has 174 valence electrons. The van der Waals surface area contributed by atoms with Gasteiger partial charge in [0.1, 0.15) is 5.82 Å². The summed E-state index contributed by atoms with van der Waals surface area (Å²) < 4.78 is 91.4. The van der Waals surface area contributed by atoms with Crippen molar-refractivity contribution in [3.05, 3.63) is 65.0 Å². The van der Waals surface area contributed by atoms with E-state index in [1.165, 1.54) is 19.2 Å². The lowest BCUT2D eigenvalue weighted by molar-refractivity contribution is -0.143. The third kappa shape index (κ3) is 5.72. The lowest BCUT2D eigenvalue weighted by Gasteiger charge is -2.34. The molecule has 0 spiro atoms. The topological polar surface area (TPSA) is 23.6 Å². The van der Waals surface area contributed by atoms with Gasteiger partial charge in [-0.2, -0.15) is 26.3 Å². The maximum Gasteiger partial charge on any atom is 0.416 e. The van der Waals surface area contributed by atoms with Crippen molar-refractivity contribution in [1.82, 2.24) is 4.90 Å². The molecule has 0 unspecified atom stereocenters. The van der Waals surface area contributed by atoms with Crippen molar-refractivity contribution in [1.29, 1.82) is 0 Å². The van der Waals surface area contributed by atoms with E-state index in [-0.39, 0.29) is 29.9 Å². The van der Waals surface area contributed by atoms with Crippen LogP contribution in [0.1, 0.15) is 29.5 Å². The van der Waals surface area contributed by atoms with Crippen LogP contribution < -0.4 is 4.90 Å². The van der Waals surface area contributed by atoms with Gasteiger partial charge < -0.3 is 9.80 Å². The molecular weight excluding hydrogens is 441 g/mol. The zero-order valence-corrected chi connectivity index (χ0v) is 17.1. The molecule has 1 aliphatic heterocycles. The van der Waals surface area contributed by atoms with Gasteiger partial charge in [0.15, 0.2) is 0 Å². The molecule has 2 aromatic carbocycles. The highest BCUT2D eigenvalue weighted by Gasteiger charge is 2.37. The summed E-state index contributed by atoms with van der Waals surface area (Å²) >= 11 is 0. The van der Waals surface area contributed by atoms with Crippen molar-refractivity contribution < 1.29 is 35.5 Å². The van der Waals surface area contributed by atoms with Gasteiger partial charge in [-0.05, 0) is 60.9 Å². The quantitative estimate of drug-likeness (QED) is 0.542.